The van der Waals surface area contributed by atoms with E-state index in [0.717, 1.165) is 0 Å². The minimum atomic E-state index is -0.691. The van der Waals surface area contributed by atoms with Crippen LogP contribution in [0.2, 0.25) is 0 Å². The van der Waals surface area contributed by atoms with Gasteiger partial charge in [0.1, 0.15) is 6.54 Å². The Kier molecular flexibility index (Phi) is 7.61. The molecule has 2 rings (SSSR count). The molecule has 0 N–H and O–H groups in total. The van der Waals surface area contributed by atoms with Crippen LogP contribution in [0.1, 0.15) is 5.56 Å². The van der Waals surface area contributed by atoms with E-state index in [1.54, 1.807) is 48.5 Å². The van der Waals surface area contributed by atoms with Crippen molar-refractivity contribution in [2.24, 2.45) is 0 Å². The van der Waals surface area contributed by atoms with Crippen LogP contribution in [-0.4, -0.2) is 39.2 Å². The summed E-state index contributed by atoms with van der Waals surface area (Å²) in [4.78, 5) is 25.6. The lowest BCUT2D eigenvalue weighted by atomic mass is 10.1. The van der Waals surface area contributed by atoms with Crippen LogP contribution in [0.4, 0.5) is 5.69 Å². The van der Waals surface area contributed by atoms with E-state index >= 15 is 0 Å². The van der Waals surface area contributed by atoms with Gasteiger partial charge >= 0.3 is 5.97 Å². The number of carbonyl (C=O) groups excluding carboxylic acids is 2. The van der Waals surface area contributed by atoms with Crippen molar-refractivity contribution < 1.29 is 23.8 Å². The number of amides is 1. The molecular weight excluding hydrogens is 360 g/mol. The zero-order valence-corrected chi connectivity index (χ0v) is 15.6. The summed E-state index contributed by atoms with van der Waals surface area (Å²) in [6.45, 7) is -0.619. The van der Waals surface area contributed by atoms with E-state index in [9.17, 15) is 9.59 Å². The van der Waals surface area contributed by atoms with Gasteiger partial charge in [-0.15, -0.1) is 0 Å². The van der Waals surface area contributed by atoms with Gasteiger partial charge < -0.3 is 14.2 Å². The van der Waals surface area contributed by atoms with Gasteiger partial charge in [-0.05, 0) is 24.3 Å². The number of rotatable bonds is 8. The second-order valence-corrected chi connectivity index (χ2v) is 5.50. The molecule has 144 valence electrons. The molecule has 0 aliphatic rings. The first-order valence-corrected chi connectivity index (χ1v) is 8.39. The molecule has 0 atom stereocenters. The van der Waals surface area contributed by atoms with Crippen molar-refractivity contribution in [2.45, 2.75) is 0 Å². The Morgan fingerprint density at radius 1 is 1.07 bits per heavy atom. The van der Waals surface area contributed by atoms with Crippen LogP contribution >= 0.6 is 0 Å². The fourth-order valence-corrected chi connectivity index (χ4v) is 2.46. The van der Waals surface area contributed by atoms with Crippen LogP contribution < -0.4 is 14.4 Å². The van der Waals surface area contributed by atoms with Crippen molar-refractivity contribution in [1.82, 2.24) is 0 Å². The number of para-hydroxylation sites is 2. The fourth-order valence-electron chi connectivity index (χ4n) is 2.46. The summed E-state index contributed by atoms with van der Waals surface area (Å²) in [7, 11) is 3.02. The molecule has 1 amide bonds. The number of esters is 1. The van der Waals surface area contributed by atoms with Gasteiger partial charge in [0.2, 0.25) is 0 Å². The average Bonchev–Trinajstić information content (AvgIpc) is 2.74. The van der Waals surface area contributed by atoms with Gasteiger partial charge in [0.15, 0.2) is 18.1 Å². The fraction of sp³-hybridized carbons (Fsp3) is 0.190. The third-order valence-electron chi connectivity index (χ3n) is 3.77. The Morgan fingerprint density at radius 3 is 2.46 bits per heavy atom. The molecule has 0 aliphatic carbocycles. The molecule has 7 heteroatoms. The van der Waals surface area contributed by atoms with Gasteiger partial charge in [-0.1, -0.05) is 30.3 Å². The zero-order chi connectivity index (χ0) is 20.4. The standard InChI is InChI=1S/C21H20N2O5/c1-26-18-10-6-7-16(21(18)27-2)11-12-20(25)28-15-19(24)23(14-13-22)17-8-4-3-5-9-17/h3-12H,14-15H2,1-2H3/b12-11+. The number of nitrogens with zero attached hydrogens (tertiary/aromatic N) is 2. The topological polar surface area (TPSA) is 88.9 Å². The molecule has 0 aliphatic heterocycles. The molecule has 0 heterocycles. The summed E-state index contributed by atoms with van der Waals surface area (Å²) in [5.74, 6) is -0.172. The number of hydrogen-bond acceptors (Lipinski definition) is 6. The SMILES string of the molecule is COc1cccc(/C=C/C(=O)OCC(=O)N(CC#N)c2ccccc2)c1OC. The Hall–Kier alpha value is -3.79. The molecular formula is C21H20N2O5. The molecule has 0 bridgehead atoms. The summed E-state index contributed by atoms with van der Waals surface area (Å²) in [5.41, 5.74) is 1.18. The summed E-state index contributed by atoms with van der Waals surface area (Å²) in [6.07, 6.45) is 2.71. The molecule has 2 aromatic carbocycles. The summed E-state index contributed by atoms with van der Waals surface area (Å²) < 4.78 is 15.5. The van der Waals surface area contributed by atoms with Gasteiger partial charge in [-0.2, -0.15) is 5.26 Å². The number of nitriles is 1. The van der Waals surface area contributed by atoms with Crippen LogP contribution in [-0.2, 0) is 14.3 Å². The summed E-state index contributed by atoms with van der Waals surface area (Å²) >= 11 is 0. The smallest absolute Gasteiger partial charge is 0.331 e. The monoisotopic (exact) mass is 380 g/mol. The van der Waals surface area contributed by atoms with E-state index in [1.807, 2.05) is 6.07 Å². The van der Waals surface area contributed by atoms with Crippen LogP contribution in [0.25, 0.3) is 6.08 Å². The largest absolute Gasteiger partial charge is 0.493 e. The molecule has 2 aromatic rings. The number of anilines is 1. The zero-order valence-electron chi connectivity index (χ0n) is 15.6. The predicted octanol–water partition coefficient (Wildman–Crippen LogP) is 2.82. The minimum Gasteiger partial charge on any atom is -0.493 e. The number of hydrogen-bond donors (Lipinski definition) is 0. The Morgan fingerprint density at radius 2 is 1.82 bits per heavy atom. The molecule has 0 fully saturated rings. The van der Waals surface area contributed by atoms with Crippen molar-refractivity contribution in [1.29, 1.82) is 5.26 Å². The van der Waals surface area contributed by atoms with Gasteiger partial charge in [-0.25, -0.2) is 4.79 Å². The van der Waals surface area contributed by atoms with E-state index in [-0.39, 0.29) is 6.54 Å². The normalized spacial score (nSPS) is 10.2. The van der Waals surface area contributed by atoms with Crippen molar-refractivity contribution in [2.75, 3.05) is 32.3 Å². The highest BCUT2D eigenvalue weighted by Gasteiger charge is 2.16. The molecule has 0 radical (unpaired) electrons. The molecule has 0 aromatic heterocycles. The molecule has 28 heavy (non-hydrogen) atoms. The number of ether oxygens (including phenoxy) is 3. The first-order chi connectivity index (χ1) is 13.6. The highest BCUT2D eigenvalue weighted by molar-refractivity contribution is 5.96. The van der Waals surface area contributed by atoms with Gasteiger partial charge in [0.05, 0.1) is 20.3 Å². The highest BCUT2D eigenvalue weighted by atomic mass is 16.5. The third kappa shape index (κ3) is 5.35. The molecule has 7 nitrogen and oxygen atoms in total. The lowest BCUT2D eigenvalue weighted by Crippen LogP contribution is -2.34. The second kappa shape index (κ2) is 10.4. The maximum atomic E-state index is 12.3. The lowest BCUT2D eigenvalue weighted by molar-refractivity contribution is -0.142. The molecule has 0 saturated carbocycles. The van der Waals surface area contributed by atoms with E-state index in [0.29, 0.717) is 22.7 Å². The van der Waals surface area contributed by atoms with Crippen molar-refractivity contribution >= 4 is 23.6 Å². The second-order valence-electron chi connectivity index (χ2n) is 5.50. The van der Waals surface area contributed by atoms with Crippen LogP contribution in [0, 0.1) is 11.3 Å². The lowest BCUT2D eigenvalue weighted by Gasteiger charge is -2.19. The van der Waals surface area contributed by atoms with Crippen molar-refractivity contribution in [3.8, 4) is 17.6 Å². The summed E-state index contributed by atoms with van der Waals surface area (Å²) in [6, 6.07) is 15.9. The predicted molar refractivity (Wildman–Crippen MR) is 104 cm³/mol. The average molecular weight is 380 g/mol. The van der Waals surface area contributed by atoms with E-state index < -0.39 is 18.5 Å². The van der Waals surface area contributed by atoms with E-state index in [4.69, 9.17) is 19.5 Å². The summed E-state index contributed by atoms with van der Waals surface area (Å²) in [5, 5.41) is 8.94. The van der Waals surface area contributed by atoms with Crippen molar-refractivity contribution in [3.63, 3.8) is 0 Å². The molecule has 0 spiro atoms. The number of methoxy groups -OCH3 is 2. The maximum absolute atomic E-state index is 12.3. The minimum absolute atomic E-state index is 0.142. The van der Waals surface area contributed by atoms with Gasteiger partial charge in [0.25, 0.3) is 5.91 Å². The van der Waals surface area contributed by atoms with Gasteiger partial charge in [0, 0.05) is 17.3 Å². The third-order valence-corrected chi connectivity index (χ3v) is 3.77. The van der Waals surface area contributed by atoms with Crippen LogP contribution in [0.5, 0.6) is 11.5 Å². The van der Waals surface area contributed by atoms with Crippen molar-refractivity contribution in [3.05, 3.63) is 60.2 Å². The Balaban J connectivity index is 2.01. The first-order valence-electron chi connectivity index (χ1n) is 8.39. The highest BCUT2D eigenvalue weighted by Crippen LogP contribution is 2.31. The van der Waals surface area contributed by atoms with Crippen LogP contribution in [0.15, 0.2) is 54.6 Å². The Bertz CT molecular complexity index is 887. The van der Waals surface area contributed by atoms with E-state index in [1.165, 1.54) is 31.3 Å². The molecule has 0 unspecified atom stereocenters. The number of carbonyl (C=O) groups is 2. The molecule has 0 saturated heterocycles. The Labute approximate surface area is 163 Å². The van der Waals surface area contributed by atoms with Crippen LogP contribution in [0.3, 0.4) is 0 Å². The quantitative estimate of drug-likeness (QED) is 0.397. The maximum Gasteiger partial charge on any atom is 0.331 e. The number of benzene rings is 2. The van der Waals surface area contributed by atoms with Gasteiger partial charge in [-0.3, -0.25) is 9.69 Å². The van der Waals surface area contributed by atoms with E-state index in [2.05, 4.69) is 0 Å². The first kappa shape index (κ1) is 20.5.